The van der Waals surface area contributed by atoms with Gasteiger partial charge in [0.15, 0.2) is 6.61 Å². The van der Waals surface area contributed by atoms with Crippen LogP contribution < -0.4 is 9.04 Å². The Morgan fingerprint density at radius 2 is 1.82 bits per heavy atom. The van der Waals surface area contributed by atoms with Gasteiger partial charge >= 0.3 is 5.97 Å². The second-order valence-electron chi connectivity index (χ2n) is 7.11. The molecule has 0 aliphatic rings. The average Bonchev–Trinajstić information content (AvgIpc) is 3.47. The molecule has 0 spiro atoms. The zero-order valence-corrected chi connectivity index (χ0v) is 20.2. The largest absolute Gasteiger partial charge is 0.484 e. The number of thiophene rings is 1. The quantitative estimate of drug-likeness (QED) is 0.422. The van der Waals surface area contributed by atoms with Crippen molar-refractivity contribution in [1.82, 2.24) is 4.90 Å². The highest BCUT2D eigenvalue weighted by atomic mass is 32.2. The van der Waals surface area contributed by atoms with Crippen molar-refractivity contribution in [2.45, 2.75) is 17.7 Å². The predicted octanol–water partition coefficient (Wildman–Crippen LogP) is 3.30. The third-order valence-electron chi connectivity index (χ3n) is 4.87. The van der Waals surface area contributed by atoms with E-state index in [0.717, 1.165) is 11.3 Å². The van der Waals surface area contributed by atoms with Crippen molar-refractivity contribution in [1.29, 1.82) is 0 Å². The number of likely N-dealkylation sites (N-methyl/N-ethyl adjacent to an activating group) is 1. The van der Waals surface area contributed by atoms with Gasteiger partial charge in [0.25, 0.3) is 15.9 Å². The molecule has 0 unspecified atom stereocenters. The molecule has 1 amide bonds. The lowest BCUT2D eigenvalue weighted by Gasteiger charge is -2.19. The summed E-state index contributed by atoms with van der Waals surface area (Å²) in [5.74, 6) is 0.481. The maximum atomic E-state index is 12.6. The number of sulfonamides is 1. The van der Waals surface area contributed by atoms with Crippen molar-refractivity contribution in [3.63, 3.8) is 0 Å². The second kappa shape index (κ2) is 10.1. The Labute approximate surface area is 196 Å². The number of benzene rings is 1. The van der Waals surface area contributed by atoms with E-state index in [1.807, 2.05) is 0 Å². The van der Waals surface area contributed by atoms with Gasteiger partial charge in [0.2, 0.25) is 0 Å². The van der Waals surface area contributed by atoms with E-state index >= 15 is 0 Å². The molecule has 0 saturated carbocycles. The number of esters is 1. The minimum atomic E-state index is -3.62. The maximum absolute atomic E-state index is 12.6. The van der Waals surface area contributed by atoms with Crippen LogP contribution in [0.15, 0.2) is 56.5 Å². The lowest BCUT2D eigenvalue weighted by Crippen LogP contribution is -2.30. The van der Waals surface area contributed by atoms with Crippen LogP contribution in [0.3, 0.4) is 0 Å². The average molecular weight is 493 g/mol. The molecule has 176 valence electrons. The van der Waals surface area contributed by atoms with Crippen LogP contribution >= 0.6 is 11.3 Å². The van der Waals surface area contributed by atoms with Gasteiger partial charge in [-0.05, 0) is 48.7 Å². The van der Waals surface area contributed by atoms with E-state index in [2.05, 4.69) is 0 Å². The number of hydrogen-bond donors (Lipinski definition) is 0. The summed E-state index contributed by atoms with van der Waals surface area (Å²) in [4.78, 5) is 25.5. The van der Waals surface area contributed by atoms with E-state index in [1.54, 1.807) is 61.8 Å². The van der Waals surface area contributed by atoms with Gasteiger partial charge in [-0.3, -0.25) is 9.10 Å². The summed E-state index contributed by atoms with van der Waals surface area (Å²) in [6.45, 7) is 1.58. The fourth-order valence-corrected chi connectivity index (χ4v) is 5.30. The van der Waals surface area contributed by atoms with Crippen LogP contribution in [0, 0.1) is 6.92 Å². The van der Waals surface area contributed by atoms with Crippen LogP contribution in [0.25, 0.3) is 0 Å². The molecule has 0 fully saturated rings. The summed E-state index contributed by atoms with van der Waals surface area (Å²) in [5, 5.41) is 1.71. The first kappa shape index (κ1) is 24.3. The summed E-state index contributed by atoms with van der Waals surface area (Å²) in [5.41, 5.74) is 0.782. The summed E-state index contributed by atoms with van der Waals surface area (Å²) in [6, 6.07) is 11.2. The SMILES string of the molecule is COC(=O)c1cc(CN(C)C(=O)COc2ccc(N(C)S(=O)(=O)c3cccs3)cc2)oc1C. The van der Waals surface area contributed by atoms with Crippen LogP contribution in [0.2, 0.25) is 0 Å². The van der Waals surface area contributed by atoms with Gasteiger partial charge in [-0.1, -0.05) is 6.07 Å². The van der Waals surface area contributed by atoms with Crippen molar-refractivity contribution in [3.8, 4) is 5.75 Å². The van der Waals surface area contributed by atoms with Gasteiger partial charge in [0.1, 0.15) is 27.0 Å². The van der Waals surface area contributed by atoms with Gasteiger partial charge in [-0.2, -0.15) is 0 Å². The summed E-state index contributed by atoms with van der Waals surface area (Å²) >= 11 is 1.15. The Hall–Kier alpha value is -3.31. The number of amides is 1. The number of ether oxygens (including phenoxy) is 2. The third kappa shape index (κ3) is 5.55. The van der Waals surface area contributed by atoms with E-state index in [0.29, 0.717) is 28.5 Å². The van der Waals surface area contributed by atoms with Crippen LogP contribution in [-0.2, 0) is 26.1 Å². The Kier molecular flexibility index (Phi) is 7.44. The van der Waals surface area contributed by atoms with Gasteiger partial charge in [-0.15, -0.1) is 11.3 Å². The standard InChI is InChI=1S/C22H24N2O7S2/c1-15-19(22(26)29-4)12-18(31-15)13-23(2)20(25)14-30-17-9-7-16(8-10-17)24(3)33(27,28)21-6-5-11-32-21/h5-12H,13-14H2,1-4H3. The van der Waals surface area contributed by atoms with Crippen molar-refractivity contribution in [2.75, 3.05) is 32.1 Å². The van der Waals surface area contributed by atoms with Crippen LogP contribution in [0.1, 0.15) is 21.9 Å². The van der Waals surface area contributed by atoms with E-state index in [-0.39, 0.29) is 23.3 Å². The Morgan fingerprint density at radius 3 is 2.42 bits per heavy atom. The fourth-order valence-electron chi connectivity index (χ4n) is 2.95. The lowest BCUT2D eigenvalue weighted by molar-refractivity contribution is -0.132. The number of nitrogens with zero attached hydrogens (tertiary/aromatic N) is 2. The molecule has 0 N–H and O–H groups in total. The first-order valence-corrected chi connectivity index (χ1v) is 12.1. The van der Waals surface area contributed by atoms with Crippen molar-refractivity contribution < 1.29 is 31.9 Å². The molecular weight excluding hydrogens is 468 g/mol. The molecule has 2 heterocycles. The van der Waals surface area contributed by atoms with Gasteiger partial charge in [0, 0.05) is 14.1 Å². The highest BCUT2D eigenvalue weighted by Crippen LogP contribution is 2.26. The molecule has 0 saturated heterocycles. The highest BCUT2D eigenvalue weighted by molar-refractivity contribution is 7.94. The van der Waals surface area contributed by atoms with E-state index in [4.69, 9.17) is 13.9 Å². The number of aryl methyl sites for hydroxylation is 1. The number of hydrogen-bond acceptors (Lipinski definition) is 8. The van der Waals surface area contributed by atoms with E-state index in [9.17, 15) is 18.0 Å². The summed E-state index contributed by atoms with van der Waals surface area (Å²) in [6.07, 6.45) is 0. The maximum Gasteiger partial charge on any atom is 0.341 e. The zero-order valence-electron chi connectivity index (χ0n) is 18.6. The van der Waals surface area contributed by atoms with E-state index < -0.39 is 16.0 Å². The third-order valence-corrected chi connectivity index (χ3v) is 8.02. The molecular formula is C22H24N2O7S2. The Balaban J connectivity index is 1.56. The van der Waals surface area contributed by atoms with Crippen LogP contribution in [0.4, 0.5) is 5.69 Å². The molecule has 0 bridgehead atoms. The molecule has 9 nitrogen and oxygen atoms in total. The first-order valence-electron chi connectivity index (χ1n) is 9.80. The van der Waals surface area contributed by atoms with Crippen molar-refractivity contribution >= 4 is 38.9 Å². The molecule has 0 radical (unpaired) electrons. The molecule has 1 aromatic carbocycles. The van der Waals surface area contributed by atoms with Gasteiger partial charge in [0.05, 0.1) is 19.3 Å². The van der Waals surface area contributed by atoms with Gasteiger partial charge in [-0.25, -0.2) is 13.2 Å². The fraction of sp³-hybridized carbons (Fsp3) is 0.273. The van der Waals surface area contributed by atoms with Crippen molar-refractivity contribution in [2.24, 2.45) is 0 Å². The molecule has 0 atom stereocenters. The first-order chi connectivity index (χ1) is 15.6. The Morgan fingerprint density at radius 1 is 1.12 bits per heavy atom. The lowest BCUT2D eigenvalue weighted by atomic mass is 10.2. The summed E-state index contributed by atoms with van der Waals surface area (Å²) in [7, 11) is 0.732. The molecule has 2 aromatic heterocycles. The Bertz CT molecular complexity index is 1220. The zero-order chi connectivity index (χ0) is 24.2. The topological polar surface area (TPSA) is 106 Å². The molecule has 11 heteroatoms. The number of rotatable bonds is 9. The summed E-state index contributed by atoms with van der Waals surface area (Å²) < 4.78 is 42.4. The number of carbonyl (C=O) groups excluding carboxylic acids is 2. The monoisotopic (exact) mass is 492 g/mol. The number of carbonyl (C=O) groups is 2. The normalized spacial score (nSPS) is 11.2. The second-order valence-corrected chi connectivity index (χ2v) is 10.3. The molecule has 0 aliphatic heterocycles. The predicted molar refractivity (Wildman–Crippen MR) is 123 cm³/mol. The van der Waals surface area contributed by atoms with Crippen LogP contribution in [-0.4, -0.2) is 53.0 Å². The minimum Gasteiger partial charge on any atom is -0.484 e. The van der Waals surface area contributed by atoms with E-state index in [1.165, 1.54) is 23.4 Å². The molecule has 3 rings (SSSR count). The molecule has 33 heavy (non-hydrogen) atoms. The molecule has 3 aromatic rings. The number of furan rings is 1. The number of methoxy groups -OCH3 is 1. The number of anilines is 1. The van der Waals surface area contributed by atoms with Gasteiger partial charge < -0.3 is 18.8 Å². The highest BCUT2D eigenvalue weighted by Gasteiger charge is 2.22. The minimum absolute atomic E-state index is 0.157. The van der Waals surface area contributed by atoms with Crippen molar-refractivity contribution in [3.05, 3.63) is 64.9 Å². The smallest absolute Gasteiger partial charge is 0.341 e. The molecule has 0 aliphatic carbocycles. The van der Waals surface area contributed by atoms with Crippen LogP contribution in [0.5, 0.6) is 5.75 Å².